The van der Waals surface area contributed by atoms with Crippen molar-refractivity contribution in [2.75, 3.05) is 24.9 Å². The maximum absolute atomic E-state index is 13.6. The Morgan fingerprint density at radius 3 is 2.53 bits per heavy atom. The van der Waals surface area contributed by atoms with Gasteiger partial charge in [-0.15, -0.1) is 0 Å². The molecule has 3 aromatic carbocycles. The minimum Gasteiger partial charge on any atom is -0.493 e. The van der Waals surface area contributed by atoms with Crippen LogP contribution in [0.3, 0.4) is 0 Å². The molecule has 0 spiro atoms. The van der Waals surface area contributed by atoms with Gasteiger partial charge in [0.2, 0.25) is 5.91 Å². The third-order valence-electron chi connectivity index (χ3n) is 5.53. The first-order valence-electron chi connectivity index (χ1n) is 10.5. The molecule has 0 unspecified atom stereocenters. The molecule has 5 nitrogen and oxygen atoms in total. The van der Waals surface area contributed by atoms with Crippen LogP contribution in [0.1, 0.15) is 5.56 Å². The van der Waals surface area contributed by atoms with Crippen molar-refractivity contribution in [1.29, 1.82) is 0 Å². The molecule has 0 N–H and O–H groups in total. The number of amides is 1. The summed E-state index contributed by atoms with van der Waals surface area (Å²) in [5, 5.41) is 2.36. The second-order valence-electron chi connectivity index (χ2n) is 7.71. The zero-order valence-corrected chi connectivity index (χ0v) is 21.2. The number of methoxy groups -OCH3 is 2. The van der Waals surface area contributed by atoms with Gasteiger partial charge in [-0.1, -0.05) is 47.3 Å². The van der Waals surface area contributed by atoms with Gasteiger partial charge in [-0.3, -0.25) is 9.69 Å². The van der Waals surface area contributed by atoms with E-state index in [1.165, 1.54) is 11.8 Å². The third kappa shape index (κ3) is 4.19. The van der Waals surface area contributed by atoms with Gasteiger partial charge in [-0.2, -0.15) is 0 Å². The number of ether oxygens (including phenoxy) is 2. The maximum Gasteiger partial charge on any atom is 0.242 e. The maximum atomic E-state index is 13.6. The summed E-state index contributed by atoms with van der Waals surface area (Å²) >= 11 is 9.36. The van der Waals surface area contributed by atoms with Gasteiger partial charge in [0.1, 0.15) is 5.03 Å². The predicted octanol–water partition coefficient (Wildman–Crippen LogP) is 7.14. The molecule has 1 aliphatic heterocycles. The molecule has 0 atom stereocenters. The first-order valence-corrected chi connectivity index (χ1v) is 12.7. The molecule has 8 heteroatoms. The lowest BCUT2D eigenvalue weighted by atomic mass is 10.1. The van der Waals surface area contributed by atoms with Gasteiger partial charge >= 0.3 is 0 Å². The quantitative estimate of drug-likeness (QED) is 0.267. The van der Waals surface area contributed by atoms with Crippen molar-refractivity contribution in [3.8, 4) is 11.5 Å². The van der Waals surface area contributed by atoms with E-state index in [0.717, 1.165) is 42.7 Å². The molecule has 34 heavy (non-hydrogen) atoms. The van der Waals surface area contributed by atoms with Crippen molar-refractivity contribution in [2.24, 2.45) is 0 Å². The number of nitrogens with zero attached hydrogens (tertiary/aromatic N) is 2. The first kappa shape index (κ1) is 22.9. The van der Waals surface area contributed by atoms with Crippen molar-refractivity contribution in [3.05, 3.63) is 71.2 Å². The molecule has 0 saturated carbocycles. The molecule has 0 bridgehead atoms. The molecule has 0 saturated heterocycles. The molecule has 1 aliphatic rings. The lowest BCUT2D eigenvalue weighted by molar-refractivity contribution is -0.115. The van der Waals surface area contributed by atoms with Gasteiger partial charge in [0.25, 0.3) is 0 Å². The van der Waals surface area contributed by atoms with E-state index in [0.29, 0.717) is 16.5 Å². The molecule has 2 heterocycles. The Morgan fingerprint density at radius 1 is 1.00 bits per heavy atom. The fourth-order valence-corrected chi connectivity index (χ4v) is 5.97. The Bertz CT molecular complexity index is 1430. The number of hydrogen-bond acceptors (Lipinski definition) is 6. The second-order valence-corrected chi connectivity index (χ2v) is 10.2. The van der Waals surface area contributed by atoms with Crippen molar-refractivity contribution >= 4 is 63.3 Å². The summed E-state index contributed by atoms with van der Waals surface area (Å²) in [6.45, 7) is 2.00. The number of aromatic nitrogens is 1. The normalized spacial score (nSPS) is 12.3. The van der Waals surface area contributed by atoms with Crippen LogP contribution >= 0.6 is 35.1 Å². The molecule has 0 aliphatic carbocycles. The van der Waals surface area contributed by atoms with E-state index in [2.05, 4.69) is 6.07 Å². The minimum absolute atomic E-state index is 0.0325. The van der Waals surface area contributed by atoms with E-state index >= 15 is 0 Å². The van der Waals surface area contributed by atoms with E-state index in [9.17, 15) is 4.79 Å². The molecule has 1 amide bonds. The van der Waals surface area contributed by atoms with Crippen LogP contribution in [0.25, 0.3) is 10.9 Å². The average Bonchev–Trinajstić information content (AvgIpc) is 2.85. The molecule has 1 aromatic heterocycles. The molecule has 0 radical (unpaired) electrons. The number of thioether (sulfide) groups is 1. The van der Waals surface area contributed by atoms with Crippen LogP contribution in [0.15, 0.2) is 75.5 Å². The number of halogens is 1. The number of carbonyl (C=O) groups is 1. The fourth-order valence-electron chi connectivity index (χ4n) is 3.93. The highest BCUT2D eigenvalue weighted by molar-refractivity contribution is 8.00. The van der Waals surface area contributed by atoms with Gasteiger partial charge in [-0.25, -0.2) is 4.98 Å². The highest BCUT2D eigenvalue weighted by Crippen LogP contribution is 2.49. The number of benzene rings is 3. The van der Waals surface area contributed by atoms with E-state index in [1.807, 2.05) is 61.5 Å². The first-order chi connectivity index (χ1) is 16.5. The van der Waals surface area contributed by atoms with Crippen molar-refractivity contribution in [2.45, 2.75) is 21.7 Å². The average molecular weight is 509 g/mol. The number of fused-ring (bicyclic) bond motifs is 3. The van der Waals surface area contributed by atoms with Crippen molar-refractivity contribution < 1.29 is 14.3 Å². The lowest BCUT2D eigenvalue weighted by Gasteiger charge is -2.31. The molecule has 5 rings (SSSR count). The predicted molar refractivity (Wildman–Crippen MR) is 139 cm³/mol. The van der Waals surface area contributed by atoms with Crippen LogP contribution in [0.2, 0.25) is 5.02 Å². The van der Waals surface area contributed by atoms with Crippen LogP contribution in [-0.2, 0) is 4.79 Å². The number of para-hydroxylation sites is 1. The number of anilines is 2. The number of aryl methyl sites for hydroxylation is 1. The van der Waals surface area contributed by atoms with Crippen molar-refractivity contribution in [1.82, 2.24) is 4.98 Å². The number of carbonyl (C=O) groups excluding carboxylic acids is 1. The summed E-state index contributed by atoms with van der Waals surface area (Å²) in [7, 11) is 3.22. The van der Waals surface area contributed by atoms with Crippen molar-refractivity contribution in [3.63, 3.8) is 0 Å². The van der Waals surface area contributed by atoms with Gasteiger partial charge in [-0.05, 0) is 55.0 Å². The van der Waals surface area contributed by atoms with Crippen LogP contribution in [-0.4, -0.2) is 30.9 Å². The SMILES string of the molecule is COc1cc2cc(C)c(SCC(=O)N3c4ccccc4Sc4ccc(Cl)cc43)nc2cc1OC. The minimum atomic E-state index is -0.0325. The Hall–Kier alpha value is -2.87. The second kappa shape index (κ2) is 9.41. The van der Waals surface area contributed by atoms with Gasteiger partial charge < -0.3 is 9.47 Å². The van der Waals surface area contributed by atoms with Crippen LogP contribution in [0.5, 0.6) is 11.5 Å². The largest absolute Gasteiger partial charge is 0.493 e. The smallest absolute Gasteiger partial charge is 0.242 e. The summed E-state index contributed by atoms with van der Waals surface area (Å²) in [6.07, 6.45) is 0. The van der Waals surface area contributed by atoms with Gasteiger partial charge in [0.15, 0.2) is 11.5 Å². The molecular weight excluding hydrogens is 488 g/mol. The number of pyridine rings is 1. The van der Waals surface area contributed by atoms with E-state index in [1.54, 1.807) is 30.9 Å². The molecule has 172 valence electrons. The summed E-state index contributed by atoms with van der Waals surface area (Å²) in [5.74, 6) is 1.48. The fraction of sp³-hybridized carbons (Fsp3) is 0.154. The Kier molecular flexibility index (Phi) is 6.34. The zero-order chi connectivity index (χ0) is 23.8. The highest BCUT2D eigenvalue weighted by atomic mass is 35.5. The standard InChI is InChI=1S/C26H21ClN2O3S2/c1-15-10-16-11-21(31-2)22(32-3)13-18(16)28-26(15)33-14-25(30)29-19-6-4-5-7-23(19)34-24-9-8-17(27)12-20(24)29/h4-13H,14H2,1-3H3. The van der Waals surface area contributed by atoms with Crippen LogP contribution in [0.4, 0.5) is 11.4 Å². The topological polar surface area (TPSA) is 51.7 Å². The van der Waals surface area contributed by atoms with E-state index in [4.69, 9.17) is 26.1 Å². The summed E-state index contributed by atoms with van der Waals surface area (Å²) in [4.78, 5) is 22.2. The monoisotopic (exact) mass is 508 g/mol. The summed E-state index contributed by atoms with van der Waals surface area (Å²) in [5.41, 5.74) is 3.46. The number of hydrogen-bond donors (Lipinski definition) is 0. The Balaban J connectivity index is 1.46. The van der Waals surface area contributed by atoms with Gasteiger partial charge in [0.05, 0.1) is 36.9 Å². The Morgan fingerprint density at radius 2 is 1.74 bits per heavy atom. The Labute approximate surface area is 211 Å². The molecule has 4 aromatic rings. The van der Waals surface area contributed by atoms with Crippen LogP contribution < -0.4 is 14.4 Å². The van der Waals surface area contributed by atoms with Crippen LogP contribution in [0, 0.1) is 6.92 Å². The summed E-state index contributed by atoms with van der Waals surface area (Å²) in [6, 6.07) is 19.4. The molecular formula is C26H21ClN2O3S2. The lowest BCUT2D eigenvalue weighted by Crippen LogP contribution is -2.30. The zero-order valence-electron chi connectivity index (χ0n) is 18.8. The number of rotatable bonds is 5. The van der Waals surface area contributed by atoms with Gasteiger partial charge in [0, 0.05) is 26.3 Å². The summed E-state index contributed by atoms with van der Waals surface area (Å²) < 4.78 is 10.8. The highest BCUT2D eigenvalue weighted by Gasteiger charge is 2.28. The third-order valence-corrected chi connectivity index (χ3v) is 7.98. The van der Waals surface area contributed by atoms with E-state index < -0.39 is 0 Å². The van der Waals surface area contributed by atoms with E-state index in [-0.39, 0.29) is 11.7 Å². The molecule has 0 fully saturated rings.